The lowest BCUT2D eigenvalue weighted by Crippen LogP contribution is -2.43. The van der Waals surface area contributed by atoms with Gasteiger partial charge in [0.15, 0.2) is 0 Å². The molecule has 0 aromatic carbocycles. The fourth-order valence-electron chi connectivity index (χ4n) is 1.78. The van der Waals surface area contributed by atoms with E-state index >= 15 is 0 Å². The fourth-order valence-corrected chi connectivity index (χ4v) is 1.78. The summed E-state index contributed by atoms with van der Waals surface area (Å²) in [5, 5.41) is 6.12. The molecule has 3 N–H and O–H groups in total. The highest BCUT2D eigenvalue weighted by Crippen LogP contribution is 2.15. The van der Waals surface area contributed by atoms with E-state index in [0.29, 0.717) is 0 Å². The van der Waals surface area contributed by atoms with E-state index in [9.17, 15) is 4.79 Å². The molecule has 0 aliphatic carbocycles. The van der Waals surface area contributed by atoms with Crippen LogP contribution in [0.25, 0.3) is 0 Å². The summed E-state index contributed by atoms with van der Waals surface area (Å²) in [5.74, 6) is 0. The van der Waals surface area contributed by atoms with Crippen LogP contribution in [0.1, 0.15) is 12.8 Å². The van der Waals surface area contributed by atoms with Crippen LogP contribution in [0.5, 0.6) is 0 Å². The van der Waals surface area contributed by atoms with Gasteiger partial charge >= 0.3 is 0 Å². The third-order valence-electron chi connectivity index (χ3n) is 2.47. The number of hydrogen-bond donors (Lipinski definition) is 2. The maximum atomic E-state index is 11.0. The molecule has 1 aliphatic heterocycles. The van der Waals surface area contributed by atoms with Crippen LogP contribution in [-0.2, 0) is 0 Å². The van der Waals surface area contributed by atoms with Gasteiger partial charge in [0.2, 0.25) is 0 Å². The Morgan fingerprint density at radius 1 is 1.64 bits per heavy atom. The molecular formula is C9H14N4O. The van der Waals surface area contributed by atoms with Crippen LogP contribution < -0.4 is 16.2 Å². The van der Waals surface area contributed by atoms with E-state index in [0.717, 1.165) is 31.6 Å². The van der Waals surface area contributed by atoms with Gasteiger partial charge in [-0.2, -0.15) is 5.10 Å². The number of H-pyrrole nitrogens is 1. The Morgan fingerprint density at radius 2 is 2.50 bits per heavy atom. The molecule has 1 aromatic heterocycles. The van der Waals surface area contributed by atoms with E-state index in [1.54, 1.807) is 12.3 Å². The number of hydrogen-bond acceptors (Lipinski definition) is 4. The number of aromatic nitrogens is 2. The average molecular weight is 194 g/mol. The molecule has 0 bridgehead atoms. The van der Waals surface area contributed by atoms with Gasteiger partial charge in [0.05, 0.1) is 11.9 Å². The Hall–Kier alpha value is -1.36. The molecule has 2 heterocycles. The normalized spacial score (nSPS) is 22.4. The van der Waals surface area contributed by atoms with Gasteiger partial charge in [0, 0.05) is 25.2 Å². The molecule has 0 spiro atoms. The van der Waals surface area contributed by atoms with Crippen molar-refractivity contribution in [1.29, 1.82) is 0 Å². The Morgan fingerprint density at radius 3 is 3.21 bits per heavy atom. The molecule has 1 fully saturated rings. The number of piperidine rings is 1. The highest BCUT2D eigenvalue weighted by atomic mass is 16.1. The van der Waals surface area contributed by atoms with E-state index in [1.165, 1.54) is 0 Å². The predicted molar refractivity (Wildman–Crippen MR) is 54.3 cm³/mol. The first kappa shape index (κ1) is 9.21. The van der Waals surface area contributed by atoms with Crippen LogP contribution in [0.15, 0.2) is 17.1 Å². The first-order valence-corrected chi connectivity index (χ1v) is 4.81. The topological polar surface area (TPSA) is 75.0 Å². The summed E-state index contributed by atoms with van der Waals surface area (Å²) < 4.78 is 0. The summed E-state index contributed by atoms with van der Waals surface area (Å²) in [4.78, 5) is 13.1. The summed E-state index contributed by atoms with van der Waals surface area (Å²) in [6, 6.07) is 1.77. The molecule has 0 amide bonds. The first-order chi connectivity index (χ1) is 6.75. The number of rotatable bonds is 1. The maximum Gasteiger partial charge on any atom is 0.266 e. The zero-order valence-corrected chi connectivity index (χ0v) is 7.94. The van der Waals surface area contributed by atoms with E-state index < -0.39 is 0 Å². The molecule has 1 atom stereocenters. The summed E-state index contributed by atoms with van der Waals surface area (Å²) in [5.41, 5.74) is 6.55. The second kappa shape index (κ2) is 3.79. The van der Waals surface area contributed by atoms with Crippen LogP contribution in [0.4, 0.5) is 5.69 Å². The minimum atomic E-state index is -0.165. The van der Waals surface area contributed by atoms with Crippen molar-refractivity contribution in [3.05, 3.63) is 22.6 Å². The Balaban J connectivity index is 2.18. The van der Waals surface area contributed by atoms with Gasteiger partial charge in [0.25, 0.3) is 5.56 Å². The highest BCUT2D eigenvalue weighted by Gasteiger charge is 2.17. The second-order valence-electron chi connectivity index (χ2n) is 3.65. The fraction of sp³-hybridized carbons (Fsp3) is 0.556. The van der Waals surface area contributed by atoms with Crippen molar-refractivity contribution < 1.29 is 0 Å². The molecule has 1 saturated heterocycles. The third-order valence-corrected chi connectivity index (χ3v) is 2.47. The van der Waals surface area contributed by atoms with Crippen molar-refractivity contribution in [2.75, 3.05) is 18.0 Å². The largest absolute Gasteiger partial charge is 0.369 e. The molecule has 1 aliphatic rings. The average Bonchev–Trinajstić information content (AvgIpc) is 2.18. The lowest BCUT2D eigenvalue weighted by molar-refractivity contribution is 0.505. The molecule has 5 nitrogen and oxygen atoms in total. The standard InChI is InChI=1S/C9H14N4O/c10-7-2-1-3-13(6-7)8-4-9(14)12-11-5-8/h4-5,7H,1-3,6,10H2,(H,12,14)/t7-/m1/s1. The number of anilines is 1. The summed E-state index contributed by atoms with van der Waals surface area (Å²) in [6.07, 6.45) is 3.81. The molecule has 2 rings (SSSR count). The van der Waals surface area contributed by atoms with Crippen molar-refractivity contribution in [2.45, 2.75) is 18.9 Å². The number of nitrogens with two attached hydrogens (primary N) is 1. The molecule has 0 radical (unpaired) electrons. The lowest BCUT2D eigenvalue weighted by atomic mass is 10.1. The minimum Gasteiger partial charge on any atom is -0.369 e. The molecule has 1 aromatic rings. The van der Waals surface area contributed by atoms with Crippen molar-refractivity contribution in [3.63, 3.8) is 0 Å². The molecule has 0 saturated carbocycles. The number of nitrogens with one attached hydrogen (secondary N) is 1. The van der Waals surface area contributed by atoms with Gasteiger partial charge < -0.3 is 10.6 Å². The minimum absolute atomic E-state index is 0.165. The zero-order valence-electron chi connectivity index (χ0n) is 7.94. The SMILES string of the molecule is N[C@@H]1CCCN(c2cn[nH]c(=O)c2)C1. The van der Waals surface area contributed by atoms with Gasteiger partial charge in [-0.25, -0.2) is 5.10 Å². The first-order valence-electron chi connectivity index (χ1n) is 4.81. The Labute approximate surface area is 81.9 Å². The van der Waals surface area contributed by atoms with Gasteiger partial charge in [-0.1, -0.05) is 0 Å². The smallest absolute Gasteiger partial charge is 0.266 e. The van der Waals surface area contributed by atoms with Crippen molar-refractivity contribution in [2.24, 2.45) is 5.73 Å². The third kappa shape index (κ3) is 1.93. The number of aromatic amines is 1. The molecule has 5 heteroatoms. The predicted octanol–water partition coefficient (Wildman–Crippen LogP) is -0.303. The van der Waals surface area contributed by atoms with Gasteiger partial charge in [-0.05, 0) is 12.8 Å². The van der Waals surface area contributed by atoms with Crippen molar-refractivity contribution in [3.8, 4) is 0 Å². The Bertz CT molecular complexity index is 362. The summed E-state index contributed by atoms with van der Waals surface area (Å²) in [6.45, 7) is 1.77. The molecular weight excluding hydrogens is 180 g/mol. The van der Waals surface area contributed by atoms with Crippen LogP contribution >= 0.6 is 0 Å². The van der Waals surface area contributed by atoms with Gasteiger partial charge in [-0.3, -0.25) is 4.79 Å². The van der Waals surface area contributed by atoms with Crippen molar-refractivity contribution in [1.82, 2.24) is 10.2 Å². The van der Waals surface area contributed by atoms with Crippen LogP contribution in [0.3, 0.4) is 0 Å². The van der Waals surface area contributed by atoms with Crippen LogP contribution in [0.2, 0.25) is 0 Å². The zero-order chi connectivity index (χ0) is 9.97. The van der Waals surface area contributed by atoms with E-state index in [1.807, 2.05) is 0 Å². The molecule has 14 heavy (non-hydrogen) atoms. The van der Waals surface area contributed by atoms with Crippen LogP contribution in [0, 0.1) is 0 Å². The van der Waals surface area contributed by atoms with E-state index in [2.05, 4.69) is 15.1 Å². The van der Waals surface area contributed by atoms with Crippen molar-refractivity contribution >= 4 is 5.69 Å². The van der Waals surface area contributed by atoms with Gasteiger partial charge in [0.1, 0.15) is 0 Å². The monoisotopic (exact) mass is 194 g/mol. The lowest BCUT2D eigenvalue weighted by Gasteiger charge is -2.31. The number of nitrogens with zero attached hydrogens (tertiary/aromatic N) is 2. The molecule has 0 unspecified atom stereocenters. The highest BCUT2D eigenvalue weighted by molar-refractivity contribution is 5.43. The maximum absolute atomic E-state index is 11.0. The van der Waals surface area contributed by atoms with Gasteiger partial charge in [-0.15, -0.1) is 0 Å². The van der Waals surface area contributed by atoms with E-state index in [4.69, 9.17) is 5.73 Å². The quantitative estimate of drug-likeness (QED) is 0.643. The van der Waals surface area contributed by atoms with E-state index in [-0.39, 0.29) is 11.6 Å². The van der Waals surface area contributed by atoms with Crippen LogP contribution in [-0.4, -0.2) is 29.3 Å². The summed E-state index contributed by atoms with van der Waals surface area (Å²) in [7, 11) is 0. The second-order valence-corrected chi connectivity index (χ2v) is 3.65. The molecule has 76 valence electrons. The Kier molecular flexibility index (Phi) is 2.49. The summed E-state index contributed by atoms with van der Waals surface area (Å²) >= 11 is 0.